The molecule has 20 heavy (non-hydrogen) atoms. The van der Waals surface area contributed by atoms with E-state index in [4.69, 9.17) is 0 Å². The second kappa shape index (κ2) is 15.9. The number of unbranched alkanes of at least 4 members (excludes halogenated alkanes) is 8. The first-order valence-corrected chi connectivity index (χ1v) is 8.26. The average Bonchev–Trinajstić information content (AvgIpc) is 2.43. The summed E-state index contributed by atoms with van der Waals surface area (Å²) >= 11 is 0. The Morgan fingerprint density at radius 3 is 1.90 bits per heavy atom. The number of hydrogen-bond donors (Lipinski definition) is 0. The summed E-state index contributed by atoms with van der Waals surface area (Å²) in [5.74, 6) is 0.110. The van der Waals surface area contributed by atoms with Crippen molar-refractivity contribution >= 4 is 5.78 Å². The Bertz CT molecular complexity index is 297. The molecule has 0 aromatic heterocycles. The van der Waals surface area contributed by atoms with Gasteiger partial charge in [0.1, 0.15) is 0 Å². The number of carbonyl (C=O) groups is 1. The molecule has 0 bridgehead atoms. The Morgan fingerprint density at radius 2 is 1.30 bits per heavy atom. The van der Waals surface area contributed by atoms with Crippen molar-refractivity contribution < 1.29 is 4.79 Å². The van der Waals surface area contributed by atoms with Crippen LogP contribution in [0.2, 0.25) is 0 Å². The van der Waals surface area contributed by atoms with E-state index in [-0.39, 0.29) is 5.78 Å². The molecular formula is C19H32O. The van der Waals surface area contributed by atoms with Crippen LogP contribution in [0.1, 0.15) is 78.1 Å². The van der Waals surface area contributed by atoms with E-state index < -0.39 is 0 Å². The SMILES string of the molecule is CCCC/C=C/CCCCCCC/C=C/C=C/C(C)=O. The van der Waals surface area contributed by atoms with Gasteiger partial charge >= 0.3 is 0 Å². The van der Waals surface area contributed by atoms with Gasteiger partial charge in [-0.3, -0.25) is 4.79 Å². The number of hydrogen-bond acceptors (Lipinski definition) is 1. The van der Waals surface area contributed by atoms with Gasteiger partial charge in [0, 0.05) is 0 Å². The van der Waals surface area contributed by atoms with E-state index in [1.54, 1.807) is 13.0 Å². The van der Waals surface area contributed by atoms with Gasteiger partial charge in [-0.1, -0.05) is 69.4 Å². The van der Waals surface area contributed by atoms with E-state index in [1.165, 1.54) is 57.8 Å². The first kappa shape index (κ1) is 18.9. The molecule has 1 nitrogen and oxygen atoms in total. The van der Waals surface area contributed by atoms with E-state index in [2.05, 4.69) is 25.2 Å². The molecule has 0 aromatic rings. The maximum atomic E-state index is 10.7. The van der Waals surface area contributed by atoms with Crippen LogP contribution in [0, 0.1) is 0 Å². The van der Waals surface area contributed by atoms with Gasteiger partial charge in [-0.25, -0.2) is 0 Å². The van der Waals surface area contributed by atoms with Gasteiger partial charge < -0.3 is 0 Å². The van der Waals surface area contributed by atoms with Crippen LogP contribution in [0.15, 0.2) is 36.5 Å². The monoisotopic (exact) mass is 276 g/mol. The molecular weight excluding hydrogens is 244 g/mol. The lowest BCUT2D eigenvalue weighted by molar-refractivity contribution is -0.112. The molecule has 0 radical (unpaired) electrons. The molecule has 0 atom stereocenters. The molecule has 0 aliphatic rings. The minimum absolute atomic E-state index is 0.110. The van der Waals surface area contributed by atoms with Gasteiger partial charge in [-0.05, 0) is 45.1 Å². The molecule has 0 amide bonds. The smallest absolute Gasteiger partial charge is 0.152 e. The molecule has 0 aliphatic heterocycles. The highest BCUT2D eigenvalue weighted by Crippen LogP contribution is 2.08. The van der Waals surface area contributed by atoms with Crippen molar-refractivity contribution in [2.24, 2.45) is 0 Å². The van der Waals surface area contributed by atoms with Gasteiger partial charge in [0.2, 0.25) is 0 Å². The number of rotatable bonds is 13. The Balaban J connectivity index is 3.21. The molecule has 0 spiro atoms. The van der Waals surface area contributed by atoms with E-state index in [1.807, 2.05) is 12.2 Å². The third-order valence-corrected chi connectivity index (χ3v) is 3.21. The summed E-state index contributed by atoms with van der Waals surface area (Å²) in [6.07, 6.45) is 25.1. The topological polar surface area (TPSA) is 17.1 Å². The summed E-state index contributed by atoms with van der Waals surface area (Å²) in [7, 11) is 0. The van der Waals surface area contributed by atoms with E-state index in [9.17, 15) is 4.79 Å². The molecule has 0 fully saturated rings. The molecule has 1 heteroatoms. The normalized spacial score (nSPS) is 12.1. The lowest BCUT2D eigenvalue weighted by Crippen LogP contribution is -1.79. The quantitative estimate of drug-likeness (QED) is 0.170. The molecule has 0 aliphatic carbocycles. The molecule has 0 rings (SSSR count). The van der Waals surface area contributed by atoms with Crippen LogP contribution in [0.25, 0.3) is 0 Å². The fourth-order valence-corrected chi connectivity index (χ4v) is 1.98. The predicted octanol–water partition coefficient (Wildman–Crippen LogP) is 6.16. The highest BCUT2D eigenvalue weighted by atomic mass is 16.1. The molecule has 0 aromatic carbocycles. The molecule has 0 unspecified atom stereocenters. The highest BCUT2D eigenvalue weighted by Gasteiger charge is 1.89. The lowest BCUT2D eigenvalue weighted by Gasteiger charge is -1.98. The highest BCUT2D eigenvalue weighted by molar-refractivity contribution is 5.87. The van der Waals surface area contributed by atoms with E-state index >= 15 is 0 Å². The van der Waals surface area contributed by atoms with Gasteiger partial charge in [-0.15, -0.1) is 0 Å². The third-order valence-electron chi connectivity index (χ3n) is 3.21. The van der Waals surface area contributed by atoms with E-state index in [0.29, 0.717) is 0 Å². The minimum atomic E-state index is 0.110. The van der Waals surface area contributed by atoms with Crippen LogP contribution >= 0.6 is 0 Å². The summed E-state index contributed by atoms with van der Waals surface area (Å²) in [6.45, 7) is 3.81. The van der Waals surface area contributed by atoms with Crippen molar-refractivity contribution in [3.05, 3.63) is 36.5 Å². The first-order chi connectivity index (χ1) is 9.77. The first-order valence-electron chi connectivity index (χ1n) is 8.26. The fourth-order valence-electron chi connectivity index (χ4n) is 1.98. The maximum Gasteiger partial charge on any atom is 0.152 e. The second-order valence-electron chi connectivity index (χ2n) is 5.36. The van der Waals surface area contributed by atoms with Crippen LogP contribution in [-0.2, 0) is 4.79 Å². The Morgan fingerprint density at radius 1 is 0.750 bits per heavy atom. The van der Waals surface area contributed by atoms with Crippen LogP contribution in [0.3, 0.4) is 0 Å². The molecule has 0 N–H and O–H groups in total. The zero-order valence-electron chi connectivity index (χ0n) is 13.4. The van der Waals surface area contributed by atoms with E-state index in [0.717, 1.165) is 6.42 Å². The van der Waals surface area contributed by atoms with Crippen molar-refractivity contribution in [1.82, 2.24) is 0 Å². The summed E-state index contributed by atoms with van der Waals surface area (Å²) in [5, 5.41) is 0. The van der Waals surface area contributed by atoms with Crippen molar-refractivity contribution in [3.63, 3.8) is 0 Å². The van der Waals surface area contributed by atoms with Crippen molar-refractivity contribution in [2.45, 2.75) is 78.1 Å². The summed E-state index contributed by atoms with van der Waals surface area (Å²) in [5.41, 5.74) is 0. The molecule has 0 saturated heterocycles. The second-order valence-corrected chi connectivity index (χ2v) is 5.36. The zero-order chi connectivity index (χ0) is 14.9. The molecule has 0 saturated carbocycles. The average molecular weight is 276 g/mol. The van der Waals surface area contributed by atoms with Gasteiger partial charge in [0.25, 0.3) is 0 Å². The van der Waals surface area contributed by atoms with Crippen LogP contribution in [0.5, 0.6) is 0 Å². The van der Waals surface area contributed by atoms with Gasteiger partial charge in [0.15, 0.2) is 5.78 Å². The van der Waals surface area contributed by atoms with Crippen molar-refractivity contribution in [1.29, 1.82) is 0 Å². The zero-order valence-corrected chi connectivity index (χ0v) is 13.4. The van der Waals surface area contributed by atoms with Gasteiger partial charge in [-0.2, -0.15) is 0 Å². The number of carbonyl (C=O) groups excluding carboxylic acids is 1. The third kappa shape index (κ3) is 16.9. The number of ketones is 1. The molecule has 0 heterocycles. The minimum Gasteiger partial charge on any atom is -0.295 e. The van der Waals surface area contributed by atoms with Crippen LogP contribution in [0.4, 0.5) is 0 Å². The number of allylic oxidation sites excluding steroid dienone is 6. The summed E-state index contributed by atoms with van der Waals surface area (Å²) < 4.78 is 0. The summed E-state index contributed by atoms with van der Waals surface area (Å²) in [4.78, 5) is 10.7. The largest absolute Gasteiger partial charge is 0.295 e. The van der Waals surface area contributed by atoms with Gasteiger partial charge in [0.05, 0.1) is 0 Å². The maximum absolute atomic E-state index is 10.7. The lowest BCUT2D eigenvalue weighted by atomic mass is 10.1. The fraction of sp³-hybridized carbons (Fsp3) is 0.632. The Hall–Kier alpha value is -1.11. The van der Waals surface area contributed by atoms with Crippen molar-refractivity contribution in [2.75, 3.05) is 0 Å². The van der Waals surface area contributed by atoms with Crippen molar-refractivity contribution in [3.8, 4) is 0 Å². The Kier molecular flexibility index (Phi) is 15.1. The van der Waals surface area contributed by atoms with Crippen LogP contribution < -0.4 is 0 Å². The van der Waals surface area contributed by atoms with Crippen LogP contribution in [-0.4, -0.2) is 5.78 Å². The Labute approximate surface area is 125 Å². The summed E-state index contributed by atoms with van der Waals surface area (Å²) in [6, 6.07) is 0. The molecule has 114 valence electrons. The standard InChI is InChI=1S/C19H32O/c1-3-4-5-6-7-8-9-10-11-12-13-14-15-16-17-18-19(2)20/h6-7,15-18H,3-5,8-14H2,1-2H3/b7-6+,16-15+,18-17+. The predicted molar refractivity (Wildman–Crippen MR) is 89.9 cm³/mol.